The van der Waals surface area contributed by atoms with Gasteiger partial charge in [-0.15, -0.1) is 0 Å². The van der Waals surface area contributed by atoms with E-state index >= 15 is 0 Å². The van der Waals surface area contributed by atoms with E-state index in [1.54, 1.807) is 31.4 Å². The molecule has 3 N–H and O–H groups in total. The summed E-state index contributed by atoms with van der Waals surface area (Å²) in [6.45, 7) is 0. The van der Waals surface area contributed by atoms with Crippen LogP contribution in [0.5, 0.6) is 5.75 Å². The first-order chi connectivity index (χ1) is 9.17. The average Bonchev–Trinajstić information content (AvgIpc) is 2.42. The summed E-state index contributed by atoms with van der Waals surface area (Å²) in [5, 5.41) is 15.1. The molecule has 0 atom stereocenters. The Bertz CT molecular complexity index is 411. The Morgan fingerprint density at radius 2 is 1.84 bits per heavy atom. The molecule has 1 saturated carbocycles. The molecule has 1 aliphatic rings. The number of aliphatic hydroxyl groups excluding tert-OH is 1. The standard InChI is InChI=1S/C14H20N2O3/c1-19-13-8-4-11(5-9-13)16-14(18)15-10-2-6-12(17)7-3-10/h4-5,8-10,12,17H,2-3,6-7H2,1H3,(H2,15,16,18)/t10-,12-. The lowest BCUT2D eigenvalue weighted by atomic mass is 9.93. The van der Waals surface area contributed by atoms with Gasteiger partial charge in [0.1, 0.15) is 5.75 Å². The number of benzene rings is 1. The number of aliphatic hydroxyl groups is 1. The number of rotatable bonds is 3. The zero-order chi connectivity index (χ0) is 13.7. The first-order valence-electron chi connectivity index (χ1n) is 6.57. The van der Waals surface area contributed by atoms with Gasteiger partial charge in [-0.05, 0) is 49.9 Å². The zero-order valence-corrected chi connectivity index (χ0v) is 11.1. The van der Waals surface area contributed by atoms with Crippen molar-refractivity contribution >= 4 is 11.7 Å². The van der Waals surface area contributed by atoms with Crippen LogP contribution in [0.1, 0.15) is 25.7 Å². The summed E-state index contributed by atoms with van der Waals surface area (Å²) in [6.07, 6.45) is 2.97. The van der Waals surface area contributed by atoms with Gasteiger partial charge in [-0.25, -0.2) is 4.79 Å². The number of anilines is 1. The highest BCUT2D eigenvalue weighted by atomic mass is 16.5. The van der Waals surface area contributed by atoms with Gasteiger partial charge < -0.3 is 20.5 Å². The van der Waals surface area contributed by atoms with E-state index in [1.165, 1.54) is 0 Å². The number of methoxy groups -OCH3 is 1. The maximum atomic E-state index is 11.8. The minimum atomic E-state index is -0.206. The molecule has 19 heavy (non-hydrogen) atoms. The predicted molar refractivity (Wildman–Crippen MR) is 73.4 cm³/mol. The summed E-state index contributed by atoms with van der Waals surface area (Å²) in [6, 6.07) is 7.14. The maximum Gasteiger partial charge on any atom is 0.319 e. The fourth-order valence-corrected chi connectivity index (χ4v) is 2.25. The molecule has 0 aliphatic heterocycles. The Kier molecular flexibility index (Phi) is 4.63. The van der Waals surface area contributed by atoms with Gasteiger partial charge in [-0.2, -0.15) is 0 Å². The van der Waals surface area contributed by atoms with E-state index in [0.29, 0.717) is 0 Å². The van der Waals surface area contributed by atoms with Gasteiger partial charge in [-0.1, -0.05) is 0 Å². The van der Waals surface area contributed by atoms with Crippen molar-refractivity contribution in [3.05, 3.63) is 24.3 Å². The Morgan fingerprint density at radius 1 is 1.21 bits per heavy atom. The molecule has 1 aliphatic carbocycles. The molecule has 2 amide bonds. The molecule has 0 aromatic heterocycles. The number of ether oxygens (including phenoxy) is 1. The second-order valence-corrected chi connectivity index (χ2v) is 4.83. The third kappa shape index (κ3) is 4.13. The molecule has 0 unspecified atom stereocenters. The van der Waals surface area contributed by atoms with E-state index in [4.69, 9.17) is 4.74 Å². The zero-order valence-electron chi connectivity index (χ0n) is 11.1. The van der Waals surface area contributed by atoms with E-state index in [0.717, 1.165) is 37.1 Å². The van der Waals surface area contributed by atoms with Crippen LogP contribution in [0.4, 0.5) is 10.5 Å². The van der Waals surface area contributed by atoms with E-state index in [9.17, 15) is 9.90 Å². The highest BCUT2D eigenvalue weighted by molar-refractivity contribution is 5.89. The number of hydrogen-bond donors (Lipinski definition) is 3. The minimum absolute atomic E-state index is 0.154. The van der Waals surface area contributed by atoms with Gasteiger partial charge in [0.15, 0.2) is 0 Å². The molecule has 5 nitrogen and oxygen atoms in total. The highest BCUT2D eigenvalue weighted by Crippen LogP contribution is 2.19. The van der Waals surface area contributed by atoms with Crippen molar-refractivity contribution in [1.29, 1.82) is 0 Å². The molecule has 2 rings (SSSR count). The van der Waals surface area contributed by atoms with Crippen LogP contribution in [0.3, 0.4) is 0 Å². The van der Waals surface area contributed by atoms with E-state index < -0.39 is 0 Å². The van der Waals surface area contributed by atoms with E-state index in [1.807, 2.05) is 0 Å². The summed E-state index contributed by atoms with van der Waals surface area (Å²) >= 11 is 0. The van der Waals surface area contributed by atoms with E-state index in [-0.39, 0.29) is 18.2 Å². The summed E-state index contributed by atoms with van der Waals surface area (Å²) in [5.41, 5.74) is 0.731. The summed E-state index contributed by atoms with van der Waals surface area (Å²) < 4.78 is 5.05. The van der Waals surface area contributed by atoms with Crippen LogP contribution in [0.15, 0.2) is 24.3 Å². The Labute approximate surface area is 113 Å². The van der Waals surface area contributed by atoms with Crippen molar-refractivity contribution in [3.8, 4) is 5.75 Å². The third-order valence-corrected chi connectivity index (χ3v) is 3.38. The lowest BCUT2D eigenvalue weighted by molar-refractivity contribution is 0.118. The summed E-state index contributed by atoms with van der Waals surface area (Å²) in [7, 11) is 1.60. The predicted octanol–water partition coefficient (Wildman–Crippen LogP) is 2.12. The van der Waals surface area contributed by atoms with E-state index in [2.05, 4.69) is 10.6 Å². The lowest BCUT2D eigenvalue weighted by Crippen LogP contribution is -2.40. The first-order valence-corrected chi connectivity index (χ1v) is 6.57. The molecular weight excluding hydrogens is 244 g/mol. The van der Waals surface area contributed by atoms with Crippen molar-refractivity contribution in [2.45, 2.75) is 37.8 Å². The van der Waals surface area contributed by atoms with Crippen LogP contribution in [-0.2, 0) is 0 Å². The van der Waals surface area contributed by atoms with Crippen molar-refractivity contribution in [3.63, 3.8) is 0 Å². The number of carbonyl (C=O) groups excluding carboxylic acids is 1. The molecule has 0 spiro atoms. The van der Waals surface area contributed by atoms with Crippen LogP contribution in [0.2, 0.25) is 0 Å². The largest absolute Gasteiger partial charge is 0.497 e. The van der Waals surface area contributed by atoms with Crippen LogP contribution >= 0.6 is 0 Å². The molecule has 5 heteroatoms. The Morgan fingerprint density at radius 3 is 2.42 bits per heavy atom. The quantitative estimate of drug-likeness (QED) is 0.783. The molecule has 0 saturated heterocycles. The van der Waals surface area contributed by atoms with Gasteiger partial charge in [0.25, 0.3) is 0 Å². The fourth-order valence-electron chi connectivity index (χ4n) is 2.25. The van der Waals surface area contributed by atoms with Crippen molar-refractivity contribution in [1.82, 2.24) is 5.32 Å². The van der Waals surface area contributed by atoms with Crippen LogP contribution in [0, 0.1) is 0 Å². The summed E-state index contributed by atoms with van der Waals surface area (Å²) in [5.74, 6) is 0.757. The molecule has 1 aromatic carbocycles. The van der Waals surface area contributed by atoms with Gasteiger partial charge >= 0.3 is 6.03 Å². The number of carbonyl (C=O) groups is 1. The minimum Gasteiger partial charge on any atom is -0.497 e. The number of nitrogens with one attached hydrogen (secondary N) is 2. The molecule has 1 fully saturated rings. The van der Waals surface area contributed by atoms with Crippen LogP contribution in [-0.4, -0.2) is 30.4 Å². The van der Waals surface area contributed by atoms with Gasteiger partial charge in [-0.3, -0.25) is 0 Å². The molecule has 0 bridgehead atoms. The topological polar surface area (TPSA) is 70.6 Å². The monoisotopic (exact) mass is 264 g/mol. The van der Waals surface area contributed by atoms with Gasteiger partial charge in [0, 0.05) is 11.7 Å². The van der Waals surface area contributed by atoms with Crippen LogP contribution in [0.25, 0.3) is 0 Å². The number of amides is 2. The molecule has 0 radical (unpaired) electrons. The highest BCUT2D eigenvalue weighted by Gasteiger charge is 2.20. The molecular formula is C14H20N2O3. The average molecular weight is 264 g/mol. The maximum absolute atomic E-state index is 11.8. The van der Waals surface area contributed by atoms with Crippen LogP contribution < -0.4 is 15.4 Å². The number of urea groups is 1. The summed E-state index contributed by atoms with van der Waals surface area (Å²) in [4.78, 5) is 11.8. The Hall–Kier alpha value is -1.75. The molecule has 0 heterocycles. The third-order valence-electron chi connectivity index (χ3n) is 3.38. The van der Waals surface area contributed by atoms with Crippen molar-refractivity contribution in [2.75, 3.05) is 12.4 Å². The number of hydrogen-bond acceptors (Lipinski definition) is 3. The normalized spacial score (nSPS) is 22.6. The van der Waals surface area contributed by atoms with Crippen molar-refractivity contribution in [2.24, 2.45) is 0 Å². The van der Waals surface area contributed by atoms with Gasteiger partial charge in [0.2, 0.25) is 0 Å². The lowest BCUT2D eigenvalue weighted by Gasteiger charge is -2.26. The first kappa shape index (κ1) is 13.7. The SMILES string of the molecule is COc1ccc(NC(=O)N[C@H]2CC[C@H](O)CC2)cc1. The molecule has 104 valence electrons. The fraction of sp³-hybridized carbons (Fsp3) is 0.500. The smallest absolute Gasteiger partial charge is 0.319 e. The van der Waals surface area contributed by atoms with Crippen molar-refractivity contribution < 1.29 is 14.6 Å². The molecule has 1 aromatic rings. The second-order valence-electron chi connectivity index (χ2n) is 4.83. The van der Waals surface area contributed by atoms with Gasteiger partial charge in [0.05, 0.1) is 13.2 Å². The second kappa shape index (κ2) is 6.43. The Balaban J connectivity index is 1.80.